The predicted octanol–water partition coefficient (Wildman–Crippen LogP) is 2.13. The van der Waals surface area contributed by atoms with Crippen LogP contribution in [0.4, 0.5) is 0 Å². The van der Waals surface area contributed by atoms with Gasteiger partial charge in [-0.2, -0.15) is 0 Å². The Labute approximate surface area is 144 Å². The van der Waals surface area contributed by atoms with Gasteiger partial charge < -0.3 is 22.9 Å². The zero-order valence-electron chi connectivity index (χ0n) is 15.4. The van der Waals surface area contributed by atoms with Crippen LogP contribution in [0.2, 0.25) is 0 Å². The summed E-state index contributed by atoms with van der Waals surface area (Å²) in [5.74, 6) is 0. The largest absolute Gasteiger partial charge is 0.330 e. The summed E-state index contributed by atoms with van der Waals surface area (Å²) < 4.78 is 0. The number of hydrogen-bond acceptors (Lipinski definition) is 5. The highest BCUT2D eigenvalue weighted by molar-refractivity contribution is 4.67. The van der Waals surface area contributed by atoms with E-state index >= 15 is 0 Å². The highest BCUT2D eigenvalue weighted by Crippen LogP contribution is 2.11. The third-order valence-electron chi connectivity index (χ3n) is 4.47. The molecule has 0 aliphatic carbocycles. The first-order valence-corrected chi connectivity index (χ1v) is 9.86. The van der Waals surface area contributed by atoms with Crippen LogP contribution in [0.25, 0.3) is 0 Å². The first-order valence-electron chi connectivity index (χ1n) is 9.86. The molecule has 0 aliphatic rings. The van der Waals surface area contributed by atoms with Crippen molar-refractivity contribution < 1.29 is 0 Å². The molecule has 0 aromatic heterocycles. The lowest BCUT2D eigenvalue weighted by Crippen LogP contribution is -2.43. The van der Waals surface area contributed by atoms with E-state index in [0.717, 1.165) is 58.4 Å². The van der Waals surface area contributed by atoms with Crippen molar-refractivity contribution in [2.75, 3.05) is 32.7 Å². The van der Waals surface area contributed by atoms with Crippen LogP contribution < -0.4 is 22.9 Å². The predicted molar refractivity (Wildman–Crippen MR) is 102 cm³/mol. The molecular formula is C18H43N5. The minimum Gasteiger partial charge on any atom is -0.330 e. The van der Waals surface area contributed by atoms with Crippen LogP contribution in [0.3, 0.4) is 0 Å². The van der Waals surface area contributed by atoms with Crippen LogP contribution in [0.5, 0.6) is 0 Å². The Morgan fingerprint density at radius 1 is 0.522 bits per heavy atom. The van der Waals surface area contributed by atoms with Gasteiger partial charge in [0.05, 0.1) is 6.17 Å². The number of rotatable bonds is 18. The molecule has 140 valence electrons. The average Bonchev–Trinajstić information content (AvgIpc) is 2.56. The van der Waals surface area contributed by atoms with Gasteiger partial charge in [0.25, 0.3) is 0 Å². The molecule has 1 atom stereocenters. The maximum absolute atomic E-state index is 6.44. The van der Waals surface area contributed by atoms with Gasteiger partial charge in [-0.05, 0) is 71.2 Å². The van der Waals surface area contributed by atoms with Gasteiger partial charge in [0.2, 0.25) is 0 Å². The zero-order valence-corrected chi connectivity index (χ0v) is 15.4. The SMILES string of the molecule is NCCCCCCN(CCCCCCN)C(N)CCCCCN. The second-order valence-corrected chi connectivity index (χ2v) is 6.65. The normalized spacial score (nSPS) is 12.9. The topological polar surface area (TPSA) is 107 Å². The van der Waals surface area contributed by atoms with Crippen molar-refractivity contribution in [1.29, 1.82) is 0 Å². The Morgan fingerprint density at radius 3 is 1.35 bits per heavy atom. The van der Waals surface area contributed by atoms with E-state index in [4.69, 9.17) is 22.9 Å². The van der Waals surface area contributed by atoms with Crippen molar-refractivity contribution in [1.82, 2.24) is 4.90 Å². The highest BCUT2D eigenvalue weighted by Gasteiger charge is 2.13. The molecule has 23 heavy (non-hydrogen) atoms. The second kappa shape index (κ2) is 18.1. The minimum absolute atomic E-state index is 0.205. The van der Waals surface area contributed by atoms with Crippen molar-refractivity contribution in [3.8, 4) is 0 Å². The molecule has 5 heteroatoms. The first kappa shape index (κ1) is 22.8. The van der Waals surface area contributed by atoms with E-state index in [2.05, 4.69) is 4.90 Å². The molecular weight excluding hydrogens is 286 g/mol. The lowest BCUT2D eigenvalue weighted by Gasteiger charge is -2.29. The molecule has 0 saturated carbocycles. The van der Waals surface area contributed by atoms with Gasteiger partial charge in [0.15, 0.2) is 0 Å². The molecule has 8 N–H and O–H groups in total. The van der Waals surface area contributed by atoms with Gasteiger partial charge in [-0.15, -0.1) is 0 Å². The van der Waals surface area contributed by atoms with E-state index in [1.807, 2.05) is 0 Å². The Kier molecular flexibility index (Phi) is 18.0. The monoisotopic (exact) mass is 329 g/mol. The Bertz CT molecular complexity index is 211. The van der Waals surface area contributed by atoms with Crippen molar-refractivity contribution in [3.05, 3.63) is 0 Å². The van der Waals surface area contributed by atoms with Gasteiger partial charge in [0.1, 0.15) is 0 Å². The fourth-order valence-corrected chi connectivity index (χ4v) is 2.93. The number of unbranched alkanes of at least 4 members (excludes halogenated alkanes) is 8. The van der Waals surface area contributed by atoms with Gasteiger partial charge in [0, 0.05) is 0 Å². The Hall–Kier alpha value is -0.200. The summed E-state index contributed by atoms with van der Waals surface area (Å²) in [6.45, 7) is 4.66. The molecule has 0 bridgehead atoms. The van der Waals surface area contributed by atoms with E-state index in [1.54, 1.807) is 0 Å². The lowest BCUT2D eigenvalue weighted by molar-refractivity contribution is 0.179. The average molecular weight is 330 g/mol. The van der Waals surface area contributed by atoms with Crippen LogP contribution in [0.15, 0.2) is 0 Å². The Morgan fingerprint density at radius 2 is 0.913 bits per heavy atom. The summed E-state index contributed by atoms with van der Waals surface area (Å²) >= 11 is 0. The molecule has 0 aliphatic heterocycles. The van der Waals surface area contributed by atoms with Crippen molar-refractivity contribution >= 4 is 0 Å². The van der Waals surface area contributed by atoms with E-state index in [9.17, 15) is 0 Å². The van der Waals surface area contributed by atoms with Crippen LogP contribution in [-0.2, 0) is 0 Å². The highest BCUT2D eigenvalue weighted by atomic mass is 15.2. The summed E-state index contributed by atoms with van der Waals surface area (Å²) in [7, 11) is 0. The molecule has 0 amide bonds. The van der Waals surface area contributed by atoms with Crippen LogP contribution in [-0.4, -0.2) is 43.8 Å². The van der Waals surface area contributed by atoms with Crippen molar-refractivity contribution in [3.63, 3.8) is 0 Å². The lowest BCUT2D eigenvalue weighted by atomic mass is 10.1. The first-order chi connectivity index (χ1) is 11.3. The van der Waals surface area contributed by atoms with Gasteiger partial charge in [-0.25, -0.2) is 0 Å². The molecule has 0 rings (SSSR count). The van der Waals surface area contributed by atoms with Crippen molar-refractivity contribution in [2.24, 2.45) is 22.9 Å². The van der Waals surface area contributed by atoms with Crippen LogP contribution in [0, 0.1) is 0 Å². The number of hydrogen-bond donors (Lipinski definition) is 4. The summed E-state index contributed by atoms with van der Waals surface area (Å²) in [6.07, 6.45) is 14.6. The third-order valence-corrected chi connectivity index (χ3v) is 4.47. The van der Waals surface area contributed by atoms with E-state index in [1.165, 1.54) is 51.4 Å². The Balaban J connectivity index is 3.97. The van der Waals surface area contributed by atoms with Gasteiger partial charge in [-0.3, -0.25) is 4.90 Å². The number of nitrogens with zero attached hydrogens (tertiary/aromatic N) is 1. The molecule has 0 heterocycles. The quantitative estimate of drug-likeness (QED) is 0.228. The molecule has 0 fully saturated rings. The summed E-state index contributed by atoms with van der Waals surface area (Å²) in [5, 5.41) is 0. The van der Waals surface area contributed by atoms with Crippen LogP contribution in [0.1, 0.15) is 77.0 Å². The molecule has 5 nitrogen and oxygen atoms in total. The summed E-state index contributed by atoms with van der Waals surface area (Å²) in [5.41, 5.74) is 23.1. The van der Waals surface area contributed by atoms with Gasteiger partial charge >= 0.3 is 0 Å². The molecule has 1 unspecified atom stereocenters. The van der Waals surface area contributed by atoms with Crippen LogP contribution >= 0.6 is 0 Å². The molecule has 0 aromatic rings. The fraction of sp³-hybridized carbons (Fsp3) is 1.00. The third kappa shape index (κ3) is 15.1. The van der Waals surface area contributed by atoms with E-state index in [-0.39, 0.29) is 6.17 Å². The molecule has 0 saturated heterocycles. The maximum Gasteiger partial charge on any atom is 0.0571 e. The zero-order chi connectivity index (χ0) is 17.2. The smallest absolute Gasteiger partial charge is 0.0571 e. The molecule has 0 aromatic carbocycles. The van der Waals surface area contributed by atoms with Gasteiger partial charge in [-0.1, -0.05) is 38.5 Å². The fourth-order valence-electron chi connectivity index (χ4n) is 2.93. The van der Waals surface area contributed by atoms with E-state index in [0.29, 0.717) is 0 Å². The molecule has 0 radical (unpaired) electrons. The second-order valence-electron chi connectivity index (χ2n) is 6.65. The number of nitrogens with two attached hydrogens (primary N) is 4. The maximum atomic E-state index is 6.44. The van der Waals surface area contributed by atoms with Crippen molar-refractivity contribution in [2.45, 2.75) is 83.2 Å². The summed E-state index contributed by atoms with van der Waals surface area (Å²) in [6, 6.07) is 0. The van der Waals surface area contributed by atoms with E-state index < -0.39 is 0 Å². The summed E-state index contributed by atoms with van der Waals surface area (Å²) in [4.78, 5) is 2.49. The standard InChI is InChI=1S/C18H43N5/c19-13-7-1-3-10-16-23(17-11-4-2-8-14-20)18(22)12-6-5-9-15-21/h18H,1-17,19-22H2. The molecule has 0 spiro atoms. The minimum atomic E-state index is 0.205.